The van der Waals surface area contributed by atoms with E-state index in [4.69, 9.17) is 4.74 Å². The lowest BCUT2D eigenvalue weighted by Crippen LogP contribution is -2.32. The Morgan fingerprint density at radius 1 is 1.20 bits per heavy atom. The molecule has 130 valence electrons. The average molecular weight is 339 g/mol. The van der Waals surface area contributed by atoms with E-state index in [1.165, 1.54) is 6.42 Å². The molecule has 2 aliphatic rings. The Morgan fingerprint density at radius 2 is 1.96 bits per heavy atom. The summed E-state index contributed by atoms with van der Waals surface area (Å²) >= 11 is 0. The highest BCUT2D eigenvalue weighted by molar-refractivity contribution is 5.92. The molecule has 1 atom stereocenters. The number of nitrogens with one attached hydrogen (secondary N) is 1. The van der Waals surface area contributed by atoms with Crippen molar-refractivity contribution in [3.8, 4) is 0 Å². The van der Waals surface area contributed by atoms with Crippen molar-refractivity contribution in [1.82, 2.24) is 20.2 Å². The first-order valence-electron chi connectivity index (χ1n) is 8.75. The second-order valence-corrected chi connectivity index (χ2v) is 6.59. The highest BCUT2D eigenvalue weighted by Crippen LogP contribution is 2.35. The fourth-order valence-electron chi connectivity index (χ4n) is 3.62. The standard InChI is InChI=1S/C18H21N5O2/c1-12-15(17(24)25-14-10-6-3-7-11-14)16(13-8-4-2-5-9-13)23-18(19-12)20-21-22-23/h2,4-5,8-9,14,16H,3,6-7,10-11H2,1H3,(H,19,20,22)/t16-/m0/s1. The molecule has 4 rings (SSSR count). The summed E-state index contributed by atoms with van der Waals surface area (Å²) in [6, 6.07) is 9.40. The van der Waals surface area contributed by atoms with E-state index in [1.54, 1.807) is 4.68 Å². The largest absolute Gasteiger partial charge is 0.459 e. The van der Waals surface area contributed by atoms with Gasteiger partial charge in [-0.2, -0.15) is 4.68 Å². The molecule has 0 amide bonds. The molecule has 1 saturated carbocycles. The van der Waals surface area contributed by atoms with Gasteiger partial charge in [0.2, 0.25) is 5.95 Å². The molecule has 7 heteroatoms. The maximum Gasteiger partial charge on any atom is 0.338 e. The van der Waals surface area contributed by atoms with Crippen molar-refractivity contribution in [2.45, 2.75) is 51.2 Å². The lowest BCUT2D eigenvalue weighted by atomic mass is 9.95. The fourth-order valence-corrected chi connectivity index (χ4v) is 3.62. The smallest absolute Gasteiger partial charge is 0.338 e. The van der Waals surface area contributed by atoms with Crippen molar-refractivity contribution >= 4 is 11.9 Å². The zero-order chi connectivity index (χ0) is 17.2. The lowest BCUT2D eigenvalue weighted by Gasteiger charge is -2.29. The van der Waals surface area contributed by atoms with E-state index in [-0.39, 0.29) is 18.1 Å². The van der Waals surface area contributed by atoms with E-state index in [9.17, 15) is 4.79 Å². The molecule has 1 aromatic heterocycles. The van der Waals surface area contributed by atoms with Crippen LogP contribution in [0, 0.1) is 0 Å². The Labute approximate surface area is 146 Å². The number of esters is 1. The van der Waals surface area contributed by atoms with Crippen molar-refractivity contribution in [2.75, 3.05) is 5.32 Å². The molecule has 2 aromatic rings. The normalized spacial score (nSPS) is 20.8. The molecule has 7 nitrogen and oxygen atoms in total. The number of aromatic nitrogens is 4. The first-order valence-corrected chi connectivity index (χ1v) is 8.75. The van der Waals surface area contributed by atoms with Crippen molar-refractivity contribution in [3.05, 3.63) is 47.2 Å². The number of carbonyl (C=O) groups excluding carboxylic acids is 1. The number of tetrazole rings is 1. The molecule has 25 heavy (non-hydrogen) atoms. The molecule has 1 fully saturated rings. The zero-order valence-electron chi connectivity index (χ0n) is 14.2. The molecule has 0 unspecified atom stereocenters. The van der Waals surface area contributed by atoms with Gasteiger partial charge >= 0.3 is 5.97 Å². The monoisotopic (exact) mass is 339 g/mol. The number of rotatable bonds is 3. The molecule has 0 saturated heterocycles. The van der Waals surface area contributed by atoms with Gasteiger partial charge in [-0.3, -0.25) is 0 Å². The van der Waals surface area contributed by atoms with Gasteiger partial charge in [0.1, 0.15) is 12.1 Å². The Kier molecular flexibility index (Phi) is 4.21. The number of anilines is 1. The SMILES string of the molecule is CC1=C(C(=O)OC2CCCCC2)[C@H](c2ccccc2)n2nnnc2N1. The summed E-state index contributed by atoms with van der Waals surface area (Å²) in [6.45, 7) is 1.87. The lowest BCUT2D eigenvalue weighted by molar-refractivity contribution is -0.146. The molecule has 0 radical (unpaired) electrons. The van der Waals surface area contributed by atoms with E-state index >= 15 is 0 Å². The van der Waals surface area contributed by atoms with Gasteiger partial charge in [0, 0.05) is 5.70 Å². The van der Waals surface area contributed by atoms with Crippen molar-refractivity contribution in [1.29, 1.82) is 0 Å². The predicted octanol–water partition coefficient (Wildman–Crippen LogP) is 2.84. The van der Waals surface area contributed by atoms with Crippen LogP contribution in [0.5, 0.6) is 0 Å². The first-order chi connectivity index (χ1) is 12.2. The summed E-state index contributed by atoms with van der Waals surface area (Å²) in [5.74, 6) is 0.243. The van der Waals surface area contributed by atoms with Gasteiger partial charge in [0.25, 0.3) is 0 Å². The Hall–Kier alpha value is -2.70. The number of allylic oxidation sites excluding steroid dienone is 1. The van der Waals surface area contributed by atoms with Crippen molar-refractivity contribution in [2.24, 2.45) is 0 Å². The molecule has 1 N–H and O–H groups in total. The maximum absolute atomic E-state index is 13.0. The Morgan fingerprint density at radius 3 is 2.72 bits per heavy atom. The minimum atomic E-state index is -0.386. The second-order valence-electron chi connectivity index (χ2n) is 6.59. The van der Waals surface area contributed by atoms with E-state index in [1.807, 2.05) is 37.3 Å². The molecule has 2 heterocycles. The molecule has 1 aromatic carbocycles. The number of hydrogen-bond acceptors (Lipinski definition) is 6. The molecule has 1 aliphatic carbocycles. The summed E-state index contributed by atoms with van der Waals surface area (Å²) in [4.78, 5) is 13.0. The van der Waals surface area contributed by atoms with Crippen LogP contribution in [0.15, 0.2) is 41.6 Å². The van der Waals surface area contributed by atoms with Crippen LogP contribution in [0.2, 0.25) is 0 Å². The minimum absolute atomic E-state index is 0.00763. The molecular formula is C18H21N5O2. The van der Waals surface area contributed by atoms with Gasteiger partial charge in [0.05, 0.1) is 5.57 Å². The third-order valence-corrected chi connectivity index (χ3v) is 4.88. The van der Waals surface area contributed by atoms with Crippen LogP contribution < -0.4 is 5.32 Å². The molecule has 0 bridgehead atoms. The van der Waals surface area contributed by atoms with Gasteiger partial charge in [-0.25, -0.2) is 4.79 Å². The van der Waals surface area contributed by atoms with Crippen LogP contribution in [0.25, 0.3) is 0 Å². The number of nitrogens with zero attached hydrogens (tertiary/aromatic N) is 4. The quantitative estimate of drug-likeness (QED) is 0.866. The van der Waals surface area contributed by atoms with Crippen LogP contribution in [0.4, 0.5) is 5.95 Å². The second kappa shape index (κ2) is 6.66. The molecular weight excluding hydrogens is 318 g/mol. The zero-order valence-corrected chi connectivity index (χ0v) is 14.2. The van der Waals surface area contributed by atoms with Crippen molar-refractivity contribution < 1.29 is 9.53 Å². The minimum Gasteiger partial charge on any atom is -0.459 e. The van der Waals surface area contributed by atoms with Gasteiger partial charge in [-0.1, -0.05) is 41.9 Å². The van der Waals surface area contributed by atoms with Crippen molar-refractivity contribution in [3.63, 3.8) is 0 Å². The number of carbonyl (C=O) groups is 1. The summed E-state index contributed by atoms with van der Waals surface area (Å²) in [5, 5.41) is 14.9. The predicted molar refractivity (Wildman–Crippen MR) is 91.7 cm³/mol. The van der Waals surface area contributed by atoms with Crippen LogP contribution in [-0.2, 0) is 9.53 Å². The van der Waals surface area contributed by atoms with Gasteiger partial charge < -0.3 is 10.1 Å². The van der Waals surface area contributed by atoms with Crippen LogP contribution in [-0.4, -0.2) is 32.3 Å². The van der Waals surface area contributed by atoms with Crippen LogP contribution in [0.1, 0.15) is 50.6 Å². The number of hydrogen-bond donors (Lipinski definition) is 1. The summed E-state index contributed by atoms with van der Waals surface area (Å²) in [6.07, 6.45) is 5.35. The summed E-state index contributed by atoms with van der Waals surface area (Å²) in [7, 11) is 0. The van der Waals surface area contributed by atoms with E-state index < -0.39 is 0 Å². The number of benzene rings is 1. The molecule has 0 spiro atoms. The topological polar surface area (TPSA) is 81.9 Å². The highest BCUT2D eigenvalue weighted by atomic mass is 16.5. The molecule has 1 aliphatic heterocycles. The first kappa shape index (κ1) is 15.8. The van der Waals surface area contributed by atoms with Crippen LogP contribution >= 0.6 is 0 Å². The number of ether oxygens (including phenoxy) is 1. The average Bonchev–Trinajstić information content (AvgIpc) is 3.10. The Balaban J connectivity index is 1.69. The Bertz CT molecular complexity index is 793. The van der Waals surface area contributed by atoms with E-state index in [0.717, 1.165) is 36.9 Å². The van der Waals surface area contributed by atoms with Gasteiger partial charge in [-0.15, -0.1) is 0 Å². The van der Waals surface area contributed by atoms with E-state index in [0.29, 0.717) is 11.5 Å². The summed E-state index contributed by atoms with van der Waals surface area (Å²) < 4.78 is 7.46. The third kappa shape index (κ3) is 3.01. The highest BCUT2D eigenvalue weighted by Gasteiger charge is 2.35. The van der Waals surface area contributed by atoms with Gasteiger partial charge in [0.15, 0.2) is 0 Å². The fraction of sp³-hybridized carbons (Fsp3) is 0.444. The van der Waals surface area contributed by atoms with Gasteiger partial charge in [-0.05, 0) is 48.6 Å². The van der Waals surface area contributed by atoms with E-state index in [2.05, 4.69) is 20.8 Å². The summed E-state index contributed by atoms with van der Waals surface area (Å²) in [5.41, 5.74) is 2.25. The van der Waals surface area contributed by atoms with Crippen LogP contribution in [0.3, 0.4) is 0 Å². The third-order valence-electron chi connectivity index (χ3n) is 4.88. The maximum atomic E-state index is 13.0. The number of fused-ring (bicyclic) bond motifs is 1.